The molecule has 0 saturated carbocycles. The van der Waals surface area contributed by atoms with Gasteiger partial charge in [0.15, 0.2) is 0 Å². The summed E-state index contributed by atoms with van der Waals surface area (Å²) >= 11 is 0. The number of hydrogen-bond donors (Lipinski definition) is 1. The van der Waals surface area contributed by atoms with Crippen LogP contribution in [0.1, 0.15) is 37.3 Å². The number of hydrogen-bond acceptors (Lipinski definition) is 2. The van der Waals surface area contributed by atoms with Crippen LogP contribution in [0.3, 0.4) is 0 Å². The van der Waals surface area contributed by atoms with Gasteiger partial charge in [0, 0.05) is 30.4 Å². The first-order valence-corrected chi connectivity index (χ1v) is 8.91. The zero-order chi connectivity index (χ0) is 16.6. The average molecular weight is 318 g/mol. The van der Waals surface area contributed by atoms with Gasteiger partial charge < -0.3 is 5.32 Å². The third kappa shape index (κ3) is 4.90. The zero-order valence-corrected chi connectivity index (χ0v) is 14.4. The van der Waals surface area contributed by atoms with Crippen LogP contribution in [0.15, 0.2) is 67.0 Å². The van der Waals surface area contributed by atoms with Gasteiger partial charge >= 0.3 is 0 Å². The number of fused-ring (bicyclic) bond motifs is 1. The van der Waals surface area contributed by atoms with E-state index in [2.05, 4.69) is 71.8 Å². The molecule has 0 unspecified atom stereocenters. The minimum absolute atomic E-state index is 0.550. The van der Waals surface area contributed by atoms with Crippen LogP contribution < -0.4 is 5.32 Å². The zero-order valence-electron chi connectivity index (χ0n) is 14.4. The van der Waals surface area contributed by atoms with Crippen LogP contribution in [0.5, 0.6) is 0 Å². The molecule has 1 atom stereocenters. The number of pyridine rings is 1. The molecule has 0 radical (unpaired) electrons. The Morgan fingerprint density at radius 2 is 1.79 bits per heavy atom. The highest BCUT2D eigenvalue weighted by Gasteiger charge is 2.03. The SMILES string of the molecule is C[C@H](CCCCc1ccccc1)NCc1ccc2cnccc2c1. The smallest absolute Gasteiger partial charge is 0.0346 e. The molecule has 2 aromatic carbocycles. The van der Waals surface area contributed by atoms with E-state index in [9.17, 15) is 0 Å². The summed E-state index contributed by atoms with van der Waals surface area (Å²) < 4.78 is 0. The predicted molar refractivity (Wildman–Crippen MR) is 102 cm³/mol. The lowest BCUT2D eigenvalue weighted by molar-refractivity contribution is 0.489. The van der Waals surface area contributed by atoms with E-state index in [1.54, 1.807) is 0 Å². The Labute approximate surface area is 144 Å². The monoisotopic (exact) mass is 318 g/mol. The maximum atomic E-state index is 4.16. The van der Waals surface area contributed by atoms with Crippen LogP contribution in [0, 0.1) is 0 Å². The molecule has 3 aromatic rings. The van der Waals surface area contributed by atoms with Gasteiger partial charge in [-0.2, -0.15) is 0 Å². The first kappa shape index (κ1) is 16.7. The van der Waals surface area contributed by atoms with Gasteiger partial charge in [-0.05, 0) is 54.8 Å². The van der Waals surface area contributed by atoms with Crippen LogP contribution >= 0.6 is 0 Å². The summed E-state index contributed by atoms with van der Waals surface area (Å²) in [6.45, 7) is 3.21. The van der Waals surface area contributed by atoms with Crippen molar-refractivity contribution in [1.29, 1.82) is 0 Å². The van der Waals surface area contributed by atoms with E-state index in [1.165, 1.54) is 47.6 Å². The molecule has 0 spiro atoms. The van der Waals surface area contributed by atoms with Gasteiger partial charge in [-0.15, -0.1) is 0 Å². The summed E-state index contributed by atoms with van der Waals surface area (Å²) in [5.74, 6) is 0. The normalized spacial score (nSPS) is 12.4. The summed E-state index contributed by atoms with van der Waals surface area (Å²) in [6.07, 6.45) is 8.72. The third-order valence-corrected chi connectivity index (χ3v) is 4.56. The van der Waals surface area contributed by atoms with Crippen molar-refractivity contribution in [2.24, 2.45) is 0 Å². The van der Waals surface area contributed by atoms with Crippen molar-refractivity contribution in [2.75, 3.05) is 0 Å². The number of rotatable bonds is 8. The molecule has 0 amide bonds. The molecule has 1 aromatic heterocycles. The molecule has 1 heterocycles. The Kier molecular flexibility index (Phi) is 5.97. The van der Waals surface area contributed by atoms with Crippen LogP contribution in [0.2, 0.25) is 0 Å². The molecule has 2 nitrogen and oxygen atoms in total. The minimum Gasteiger partial charge on any atom is -0.310 e. The third-order valence-electron chi connectivity index (χ3n) is 4.56. The molecule has 0 aliphatic heterocycles. The van der Waals surface area contributed by atoms with Gasteiger partial charge in [-0.25, -0.2) is 0 Å². The molecule has 0 saturated heterocycles. The van der Waals surface area contributed by atoms with Crippen molar-refractivity contribution in [3.63, 3.8) is 0 Å². The lowest BCUT2D eigenvalue weighted by Crippen LogP contribution is -2.25. The van der Waals surface area contributed by atoms with Crippen LogP contribution in [-0.4, -0.2) is 11.0 Å². The standard InChI is InChI=1S/C22H26N2/c1-18(7-5-6-10-19-8-3-2-4-9-19)24-16-20-11-12-22-17-23-14-13-21(22)15-20/h2-4,8-9,11-15,17-18,24H,5-7,10,16H2,1H3/t18-/m1/s1. The Balaban J connectivity index is 1.39. The second-order valence-corrected chi connectivity index (χ2v) is 6.57. The summed E-state index contributed by atoms with van der Waals surface area (Å²) in [5.41, 5.74) is 2.79. The van der Waals surface area contributed by atoms with Crippen molar-refractivity contribution in [3.8, 4) is 0 Å². The Morgan fingerprint density at radius 1 is 0.917 bits per heavy atom. The van der Waals surface area contributed by atoms with E-state index in [-0.39, 0.29) is 0 Å². The molecule has 0 fully saturated rings. The average Bonchev–Trinajstić information content (AvgIpc) is 2.64. The van der Waals surface area contributed by atoms with Crippen molar-refractivity contribution >= 4 is 10.8 Å². The van der Waals surface area contributed by atoms with E-state index in [1.807, 2.05) is 12.4 Å². The molecule has 3 rings (SSSR count). The van der Waals surface area contributed by atoms with E-state index < -0.39 is 0 Å². The van der Waals surface area contributed by atoms with Gasteiger partial charge in [0.25, 0.3) is 0 Å². The quantitative estimate of drug-likeness (QED) is 0.583. The van der Waals surface area contributed by atoms with Gasteiger partial charge in [0.2, 0.25) is 0 Å². The van der Waals surface area contributed by atoms with Crippen LogP contribution in [0.4, 0.5) is 0 Å². The second-order valence-electron chi connectivity index (χ2n) is 6.57. The Bertz CT molecular complexity index is 752. The van der Waals surface area contributed by atoms with Crippen molar-refractivity contribution < 1.29 is 0 Å². The van der Waals surface area contributed by atoms with E-state index in [4.69, 9.17) is 0 Å². The number of nitrogens with zero attached hydrogens (tertiary/aromatic N) is 1. The maximum Gasteiger partial charge on any atom is 0.0346 e. The Morgan fingerprint density at radius 3 is 2.67 bits per heavy atom. The van der Waals surface area contributed by atoms with E-state index >= 15 is 0 Å². The fourth-order valence-corrected chi connectivity index (χ4v) is 3.06. The topological polar surface area (TPSA) is 24.9 Å². The first-order valence-electron chi connectivity index (χ1n) is 8.91. The highest BCUT2D eigenvalue weighted by molar-refractivity contribution is 5.81. The summed E-state index contributed by atoms with van der Waals surface area (Å²) in [6, 6.07) is 20.0. The van der Waals surface area contributed by atoms with Crippen molar-refractivity contribution in [1.82, 2.24) is 10.3 Å². The number of aromatic nitrogens is 1. The first-order chi connectivity index (χ1) is 11.8. The molecule has 0 bridgehead atoms. The fourth-order valence-electron chi connectivity index (χ4n) is 3.06. The van der Waals surface area contributed by atoms with Crippen LogP contribution in [-0.2, 0) is 13.0 Å². The van der Waals surface area contributed by atoms with Gasteiger partial charge in [-0.3, -0.25) is 4.98 Å². The van der Waals surface area contributed by atoms with Gasteiger partial charge in [-0.1, -0.05) is 48.9 Å². The lowest BCUT2D eigenvalue weighted by atomic mass is 10.0. The fraction of sp³-hybridized carbons (Fsp3) is 0.318. The highest BCUT2D eigenvalue weighted by atomic mass is 14.9. The molecule has 1 N–H and O–H groups in total. The summed E-state index contributed by atoms with van der Waals surface area (Å²) in [7, 11) is 0. The minimum atomic E-state index is 0.550. The predicted octanol–water partition coefficient (Wildman–Crippen LogP) is 5.13. The lowest BCUT2D eigenvalue weighted by Gasteiger charge is -2.14. The molecule has 124 valence electrons. The largest absolute Gasteiger partial charge is 0.310 e. The second kappa shape index (κ2) is 8.60. The van der Waals surface area contributed by atoms with E-state index in [0.717, 1.165) is 6.54 Å². The maximum absolute atomic E-state index is 4.16. The number of unbranched alkanes of at least 4 members (excludes halogenated alkanes) is 1. The van der Waals surface area contributed by atoms with Crippen molar-refractivity contribution in [2.45, 2.75) is 45.2 Å². The summed E-state index contributed by atoms with van der Waals surface area (Å²) in [4.78, 5) is 4.16. The molecule has 0 aliphatic carbocycles. The van der Waals surface area contributed by atoms with E-state index in [0.29, 0.717) is 6.04 Å². The highest BCUT2D eigenvalue weighted by Crippen LogP contribution is 2.15. The Hall–Kier alpha value is -2.19. The van der Waals surface area contributed by atoms with Gasteiger partial charge in [0.05, 0.1) is 0 Å². The number of nitrogens with one attached hydrogen (secondary N) is 1. The van der Waals surface area contributed by atoms with Crippen LogP contribution in [0.25, 0.3) is 10.8 Å². The molecule has 0 aliphatic rings. The number of aryl methyl sites for hydroxylation is 1. The molecule has 2 heteroatoms. The summed E-state index contributed by atoms with van der Waals surface area (Å²) in [5, 5.41) is 6.11. The van der Waals surface area contributed by atoms with Gasteiger partial charge in [0.1, 0.15) is 0 Å². The number of benzene rings is 2. The molecular formula is C22H26N2. The molecular weight excluding hydrogens is 292 g/mol. The molecule has 24 heavy (non-hydrogen) atoms. The van der Waals surface area contributed by atoms with Crippen molar-refractivity contribution in [3.05, 3.63) is 78.1 Å².